The zero-order chi connectivity index (χ0) is 19.6. The molecule has 0 bridgehead atoms. The second-order valence-electron chi connectivity index (χ2n) is 7.06. The van der Waals surface area contributed by atoms with E-state index in [0.717, 1.165) is 16.6 Å². The van der Waals surface area contributed by atoms with Gasteiger partial charge in [-0.2, -0.15) is 5.10 Å². The van der Waals surface area contributed by atoms with Crippen LogP contribution < -0.4 is 11.1 Å². The highest BCUT2D eigenvalue weighted by Gasteiger charge is 2.16. The lowest BCUT2D eigenvalue weighted by atomic mass is 10.2. The number of nitrogen functional groups attached to an aromatic ring is 1. The molecule has 0 fully saturated rings. The van der Waals surface area contributed by atoms with E-state index in [0.29, 0.717) is 23.8 Å². The Morgan fingerprint density at radius 1 is 1.22 bits per heavy atom. The number of anilines is 1. The number of nitrogens with one attached hydrogen (secondary N) is 1. The van der Waals surface area contributed by atoms with Crippen molar-refractivity contribution in [1.29, 1.82) is 0 Å². The van der Waals surface area contributed by atoms with Crippen LogP contribution in [0.15, 0.2) is 18.7 Å². The SMILES string of the molecule is Cc1nn(Cc2cnc(CNC(=O)OC(C)(C)C)nc2)c2ncnc(N)c12. The fraction of sp³-hybridized carbons (Fsp3) is 0.412. The standard InChI is InChI=1S/C17H22N8O2/c1-10-13-14(18)22-9-23-15(13)25(24-10)8-11-5-19-12(20-6-11)7-21-16(26)27-17(2,3)4/h5-6,9H,7-8H2,1-4H3,(H,21,26)(H2,18,22,23). The van der Waals surface area contributed by atoms with E-state index in [9.17, 15) is 4.79 Å². The van der Waals surface area contributed by atoms with Crippen molar-refractivity contribution in [3.8, 4) is 0 Å². The van der Waals surface area contributed by atoms with Crippen molar-refractivity contribution >= 4 is 22.9 Å². The third kappa shape index (κ3) is 4.46. The minimum absolute atomic E-state index is 0.183. The minimum Gasteiger partial charge on any atom is -0.444 e. The van der Waals surface area contributed by atoms with Crippen LogP contribution in [-0.2, 0) is 17.8 Å². The number of carbonyl (C=O) groups is 1. The molecule has 10 heteroatoms. The zero-order valence-corrected chi connectivity index (χ0v) is 15.7. The molecule has 0 atom stereocenters. The average molecular weight is 370 g/mol. The number of ether oxygens (including phenoxy) is 1. The largest absolute Gasteiger partial charge is 0.444 e. The number of rotatable bonds is 4. The van der Waals surface area contributed by atoms with Crippen LogP contribution in [0.1, 0.15) is 37.9 Å². The average Bonchev–Trinajstić information content (AvgIpc) is 2.90. The molecule has 0 unspecified atom stereocenters. The van der Waals surface area contributed by atoms with E-state index < -0.39 is 11.7 Å². The summed E-state index contributed by atoms with van der Waals surface area (Å²) >= 11 is 0. The van der Waals surface area contributed by atoms with Gasteiger partial charge in [0.05, 0.1) is 24.2 Å². The molecule has 1 amide bonds. The van der Waals surface area contributed by atoms with Gasteiger partial charge in [-0.1, -0.05) is 0 Å². The molecule has 3 aromatic rings. The summed E-state index contributed by atoms with van der Waals surface area (Å²) in [4.78, 5) is 28.5. The van der Waals surface area contributed by atoms with Crippen LogP contribution in [0.5, 0.6) is 0 Å². The Kier molecular flexibility index (Phi) is 4.89. The zero-order valence-electron chi connectivity index (χ0n) is 15.7. The second-order valence-corrected chi connectivity index (χ2v) is 7.06. The van der Waals surface area contributed by atoms with Crippen LogP contribution in [0.4, 0.5) is 10.6 Å². The van der Waals surface area contributed by atoms with Crippen LogP contribution in [-0.4, -0.2) is 41.4 Å². The van der Waals surface area contributed by atoms with Gasteiger partial charge in [0.1, 0.15) is 23.6 Å². The fourth-order valence-corrected chi connectivity index (χ4v) is 2.51. The Morgan fingerprint density at radius 3 is 2.59 bits per heavy atom. The quantitative estimate of drug-likeness (QED) is 0.707. The minimum atomic E-state index is -0.549. The molecule has 3 N–H and O–H groups in total. The van der Waals surface area contributed by atoms with Crippen molar-refractivity contribution in [3.05, 3.63) is 35.8 Å². The van der Waals surface area contributed by atoms with E-state index in [1.54, 1.807) is 37.8 Å². The lowest BCUT2D eigenvalue weighted by Gasteiger charge is -2.19. The van der Waals surface area contributed by atoms with Gasteiger partial charge in [0.25, 0.3) is 0 Å². The number of fused-ring (bicyclic) bond motifs is 1. The topological polar surface area (TPSA) is 134 Å². The van der Waals surface area contributed by atoms with E-state index in [1.807, 2.05) is 6.92 Å². The van der Waals surface area contributed by atoms with Gasteiger partial charge in [-0.3, -0.25) is 0 Å². The van der Waals surface area contributed by atoms with Crippen molar-refractivity contribution in [2.75, 3.05) is 5.73 Å². The van der Waals surface area contributed by atoms with Gasteiger partial charge >= 0.3 is 6.09 Å². The second kappa shape index (κ2) is 7.14. The molecular weight excluding hydrogens is 348 g/mol. The van der Waals surface area contributed by atoms with Gasteiger partial charge in [0.15, 0.2) is 5.65 Å². The van der Waals surface area contributed by atoms with Gasteiger partial charge in [-0.25, -0.2) is 29.4 Å². The monoisotopic (exact) mass is 370 g/mol. The highest BCUT2D eigenvalue weighted by atomic mass is 16.6. The number of amides is 1. The molecule has 0 aliphatic rings. The summed E-state index contributed by atoms with van der Waals surface area (Å²) in [6.45, 7) is 7.90. The molecule has 0 saturated carbocycles. The number of aryl methyl sites for hydroxylation is 1. The van der Waals surface area contributed by atoms with E-state index in [4.69, 9.17) is 10.5 Å². The highest BCUT2D eigenvalue weighted by Crippen LogP contribution is 2.20. The lowest BCUT2D eigenvalue weighted by molar-refractivity contribution is 0.0522. The normalized spacial score (nSPS) is 11.6. The van der Waals surface area contributed by atoms with Crippen LogP contribution >= 0.6 is 0 Å². The first kappa shape index (κ1) is 18.5. The summed E-state index contributed by atoms with van der Waals surface area (Å²) in [5, 5.41) is 7.84. The van der Waals surface area contributed by atoms with E-state index >= 15 is 0 Å². The highest BCUT2D eigenvalue weighted by molar-refractivity contribution is 5.87. The summed E-state index contributed by atoms with van der Waals surface area (Å²) < 4.78 is 6.91. The summed E-state index contributed by atoms with van der Waals surface area (Å²) in [7, 11) is 0. The maximum atomic E-state index is 11.7. The molecule has 3 heterocycles. The number of alkyl carbamates (subject to hydrolysis) is 1. The Balaban J connectivity index is 1.67. The van der Waals surface area contributed by atoms with Crippen molar-refractivity contribution in [2.45, 2.75) is 46.4 Å². The van der Waals surface area contributed by atoms with Crippen molar-refractivity contribution in [1.82, 2.24) is 35.0 Å². The van der Waals surface area contributed by atoms with Gasteiger partial charge in [-0.15, -0.1) is 0 Å². The molecule has 3 aromatic heterocycles. The Morgan fingerprint density at radius 2 is 1.93 bits per heavy atom. The van der Waals surface area contributed by atoms with Gasteiger partial charge in [0, 0.05) is 18.0 Å². The number of hydrogen-bond donors (Lipinski definition) is 2. The van der Waals surface area contributed by atoms with Crippen LogP contribution in [0, 0.1) is 6.92 Å². The number of aromatic nitrogens is 6. The molecule has 0 aromatic carbocycles. The molecule has 0 aliphatic carbocycles. The van der Waals surface area contributed by atoms with Crippen molar-refractivity contribution in [3.63, 3.8) is 0 Å². The van der Waals surface area contributed by atoms with Crippen LogP contribution in [0.2, 0.25) is 0 Å². The number of nitrogens with zero attached hydrogens (tertiary/aromatic N) is 6. The summed E-state index contributed by atoms with van der Waals surface area (Å²) in [5.41, 5.74) is 7.63. The summed E-state index contributed by atoms with van der Waals surface area (Å²) in [6.07, 6.45) is 4.28. The van der Waals surface area contributed by atoms with Crippen molar-refractivity contribution < 1.29 is 9.53 Å². The Labute approximate surface area is 156 Å². The molecule has 0 saturated heterocycles. The maximum absolute atomic E-state index is 11.7. The molecule has 0 spiro atoms. The molecule has 3 rings (SSSR count). The van der Waals surface area contributed by atoms with Crippen LogP contribution in [0.25, 0.3) is 11.0 Å². The van der Waals surface area contributed by atoms with Crippen molar-refractivity contribution in [2.24, 2.45) is 0 Å². The maximum Gasteiger partial charge on any atom is 0.408 e. The fourth-order valence-electron chi connectivity index (χ4n) is 2.51. The first-order chi connectivity index (χ1) is 12.7. The Bertz CT molecular complexity index is 959. The molecule has 27 heavy (non-hydrogen) atoms. The predicted octanol–water partition coefficient (Wildman–Crippen LogP) is 1.58. The molecule has 10 nitrogen and oxygen atoms in total. The smallest absolute Gasteiger partial charge is 0.408 e. The van der Waals surface area contributed by atoms with Gasteiger partial charge in [-0.05, 0) is 27.7 Å². The lowest BCUT2D eigenvalue weighted by Crippen LogP contribution is -2.32. The third-order valence-electron chi connectivity index (χ3n) is 3.61. The third-order valence-corrected chi connectivity index (χ3v) is 3.61. The van der Waals surface area contributed by atoms with E-state index in [-0.39, 0.29) is 6.54 Å². The molecule has 0 radical (unpaired) electrons. The first-order valence-corrected chi connectivity index (χ1v) is 8.43. The van der Waals surface area contributed by atoms with Gasteiger partial charge in [0.2, 0.25) is 0 Å². The first-order valence-electron chi connectivity index (χ1n) is 8.43. The number of hydrogen-bond acceptors (Lipinski definition) is 8. The molecular formula is C17H22N8O2. The molecule has 142 valence electrons. The number of carbonyl (C=O) groups excluding carboxylic acids is 1. The predicted molar refractivity (Wildman–Crippen MR) is 98.7 cm³/mol. The Hall–Kier alpha value is -3.30. The van der Waals surface area contributed by atoms with Crippen LogP contribution in [0.3, 0.4) is 0 Å². The van der Waals surface area contributed by atoms with E-state index in [1.165, 1.54) is 6.33 Å². The summed E-state index contributed by atoms with van der Waals surface area (Å²) in [6, 6.07) is 0. The summed E-state index contributed by atoms with van der Waals surface area (Å²) in [5.74, 6) is 0.890. The van der Waals surface area contributed by atoms with E-state index in [2.05, 4.69) is 30.4 Å². The molecule has 0 aliphatic heterocycles. The van der Waals surface area contributed by atoms with Gasteiger partial charge < -0.3 is 15.8 Å². The number of nitrogens with two attached hydrogens (primary N) is 1.